The average molecular weight is 282 g/mol. The molecule has 0 fully saturated rings. The van der Waals surface area contributed by atoms with Gasteiger partial charge in [0, 0.05) is 0 Å². The van der Waals surface area contributed by atoms with Crippen LogP contribution in [-0.4, -0.2) is 30.6 Å². The molecule has 0 heterocycles. The predicted octanol–water partition coefficient (Wildman–Crippen LogP) is 3.33. The third-order valence-corrected chi connectivity index (χ3v) is 1.79. The van der Waals surface area contributed by atoms with Crippen molar-refractivity contribution in [2.45, 2.75) is 30.9 Å². The minimum absolute atomic E-state index is 0.0110. The largest absolute Gasteiger partial charge is 0.461 e. The second-order valence-corrected chi connectivity index (χ2v) is 3.21. The topological polar surface area (TPSA) is 26.3 Å². The van der Waals surface area contributed by atoms with Gasteiger partial charge in [-0.2, -0.15) is 30.7 Å². The maximum atomic E-state index is 12.6. The highest BCUT2D eigenvalue weighted by molar-refractivity contribution is 5.79. The van der Waals surface area contributed by atoms with Gasteiger partial charge in [-0.25, -0.2) is 4.79 Å². The molecule has 0 radical (unpaired) electrons. The lowest BCUT2D eigenvalue weighted by molar-refractivity contribution is -0.348. The van der Waals surface area contributed by atoms with Crippen molar-refractivity contribution >= 4 is 5.97 Å². The zero-order chi connectivity index (χ0) is 14.6. The van der Waals surface area contributed by atoms with Crippen LogP contribution in [0, 0.1) is 0 Å². The number of allylic oxidation sites excluding steroid dienone is 1. The molecule has 0 saturated carbocycles. The summed E-state index contributed by atoms with van der Waals surface area (Å²) in [6.45, 7) is 2.54. The second kappa shape index (κ2) is 5.57. The van der Waals surface area contributed by atoms with Gasteiger partial charge in [0.15, 0.2) is 0 Å². The summed E-state index contributed by atoms with van der Waals surface area (Å²) < 4.78 is 88.7. The SMILES string of the molecule is C=CCCCOC(=O)C(F)(F)C(F)(F)C(F)(F)F. The van der Waals surface area contributed by atoms with Gasteiger partial charge in [-0.3, -0.25) is 0 Å². The fourth-order valence-electron chi connectivity index (χ4n) is 0.789. The van der Waals surface area contributed by atoms with Crippen LogP contribution in [-0.2, 0) is 9.53 Å². The number of rotatable bonds is 6. The van der Waals surface area contributed by atoms with Gasteiger partial charge in [-0.15, -0.1) is 6.58 Å². The van der Waals surface area contributed by atoms with E-state index in [1.807, 2.05) is 0 Å². The first-order chi connectivity index (χ1) is 7.98. The molecule has 0 amide bonds. The molecule has 0 aliphatic rings. The normalized spacial score (nSPS) is 13.3. The summed E-state index contributed by atoms with van der Waals surface area (Å²) in [6.07, 6.45) is -5.00. The molecule has 0 spiro atoms. The van der Waals surface area contributed by atoms with E-state index in [0.717, 1.165) is 0 Å². The van der Waals surface area contributed by atoms with E-state index in [2.05, 4.69) is 11.3 Å². The number of carbonyl (C=O) groups excluding carboxylic acids is 1. The molecule has 0 bridgehead atoms. The van der Waals surface area contributed by atoms with Crippen LogP contribution in [0.2, 0.25) is 0 Å². The maximum absolute atomic E-state index is 12.6. The standard InChI is InChI=1S/C9H9F7O2/c1-2-3-4-5-18-6(17)7(10,11)8(12,13)9(14,15)16/h2H,1,3-5H2. The summed E-state index contributed by atoms with van der Waals surface area (Å²) in [6, 6.07) is 0. The summed E-state index contributed by atoms with van der Waals surface area (Å²) in [4.78, 5) is 10.5. The molecule has 0 N–H and O–H groups in total. The highest BCUT2D eigenvalue weighted by atomic mass is 19.4. The molecule has 0 aromatic heterocycles. The Morgan fingerprint density at radius 3 is 2.00 bits per heavy atom. The van der Waals surface area contributed by atoms with Crippen LogP contribution in [0.25, 0.3) is 0 Å². The molecule has 0 aliphatic heterocycles. The van der Waals surface area contributed by atoms with E-state index in [4.69, 9.17) is 0 Å². The average Bonchev–Trinajstić information content (AvgIpc) is 2.22. The first-order valence-corrected chi connectivity index (χ1v) is 4.59. The molecule has 0 aromatic rings. The molecule has 0 atom stereocenters. The molecule has 0 aliphatic carbocycles. The van der Waals surface area contributed by atoms with Crippen molar-refractivity contribution in [2.24, 2.45) is 0 Å². The lowest BCUT2D eigenvalue weighted by atomic mass is 10.1. The first-order valence-electron chi connectivity index (χ1n) is 4.59. The first kappa shape index (κ1) is 16.7. The van der Waals surface area contributed by atoms with Crippen LogP contribution in [0.5, 0.6) is 0 Å². The molecular weight excluding hydrogens is 273 g/mol. The summed E-state index contributed by atoms with van der Waals surface area (Å²) in [5, 5.41) is 0. The van der Waals surface area contributed by atoms with Crippen molar-refractivity contribution in [3.63, 3.8) is 0 Å². The van der Waals surface area contributed by atoms with Crippen LogP contribution in [0.4, 0.5) is 30.7 Å². The van der Waals surface area contributed by atoms with Gasteiger partial charge >= 0.3 is 24.0 Å². The molecule has 0 saturated heterocycles. The molecule has 0 aromatic carbocycles. The Labute approximate surface area is 97.4 Å². The Kier molecular flexibility index (Phi) is 5.18. The fourth-order valence-corrected chi connectivity index (χ4v) is 0.789. The van der Waals surface area contributed by atoms with E-state index >= 15 is 0 Å². The number of alkyl halides is 7. The van der Waals surface area contributed by atoms with Crippen molar-refractivity contribution in [1.82, 2.24) is 0 Å². The zero-order valence-corrected chi connectivity index (χ0v) is 8.87. The number of halogens is 7. The minimum atomic E-state index is -6.55. The lowest BCUT2D eigenvalue weighted by Crippen LogP contribution is -2.56. The van der Waals surface area contributed by atoms with Gasteiger partial charge in [-0.05, 0) is 12.8 Å². The van der Waals surface area contributed by atoms with Crippen LogP contribution in [0.15, 0.2) is 12.7 Å². The van der Waals surface area contributed by atoms with E-state index < -0.39 is 30.6 Å². The van der Waals surface area contributed by atoms with Crippen molar-refractivity contribution in [2.75, 3.05) is 6.61 Å². The Hall–Kier alpha value is -1.28. The Morgan fingerprint density at radius 1 is 1.11 bits per heavy atom. The molecule has 106 valence electrons. The quantitative estimate of drug-likeness (QED) is 0.323. The summed E-state index contributed by atoms with van der Waals surface area (Å²) in [5.41, 5.74) is 0. The van der Waals surface area contributed by atoms with E-state index in [9.17, 15) is 35.5 Å². The molecule has 0 rings (SSSR count). The Bertz CT molecular complexity index is 309. The highest BCUT2D eigenvalue weighted by Crippen LogP contribution is 2.46. The van der Waals surface area contributed by atoms with Crippen LogP contribution in [0.3, 0.4) is 0 Å². The van der Waals surface area contributed by atoms with Gasteiger partial charge < -0.3 is 4.74 Å². The van der Waals surface area contributed by atoms with E-state index in [1.54, 1.807) is 0 Å². The number of carbonyl (C=O) groups is 1. The van der Waals surface area contributed by atoms with Crippen molar-refractivity contribution in [3.05, 3.63) is 12.7 Å². The third kappa shape index (κ3) is 3.36. The molecule has 18 heavy (non-hydrogen) atoms. The van der Waals surface area contributed by atoms with E-state index in [-0.39, 0.29) is 12.8 Å². The predicted molar refractivity (Wildman–Crippen MR) is 46.3 cm³/mol. The Balaban J connectivity index is 4.71. The summed E-state index contributed by atoms with van der Waals surface area (Å²) in [5.74, 6) is -15.3. The van der Waals surface area contributed by atoms with E-state index in [1.165, 1.54) is 6.08 Å². The van der Waals surface area contributed by atoms with Crippen molar-refractivity contribution < 1.29 is 40.3 Å². The number of unbranched alkanes of at least 4 members (excludes halogenated alkanes) is 1. The summed E-state index contributed by atoms with van der Waals surface area (Å²) in [7, 11) is 0. The van der Waals surface area contributed by atoms with Gasteiger partial charge in [0.05, 0.1) is 6.61 Å². The molecule has 0 unspecified atom stereocenters. The number of hydrogen-bond acceptors (Lipinski definition) is 2. The smallest absolute Gasteiger partial charge is 0.460 e. The second-order valence-electron chi connectivity index (χ2n) is 3.21. The highest BCUT2D eigenvalue weighted by Gasteiger charge is 2.77. The minimum Gasteiger partial charge on any atom is -0.461 e. The number of esters is 1. The van der Waals surface area contributed by atoms with Gasteiger partial charge in [-0.1, -0.05) is 6.08 Å². The summed E-state index contributed by atoms with van der Waals surface area (Å²) >= 11 is 0. The van der Waals surface area contributed by atoms with E-state index in [0.29, 0.717) is 0 Å². The molecule has 2 nitrogen and oxygen atoms in total. The van der Waals surface area contributed by atoms with Gasteiger partial charge in [0.25, 0.3) is 0 Å². The lowest BCUT2D eigenvalue weighted by Gasteiger charge is -2.26. The maximum Gasteiger partial charge on any atom is 0.460 e. The Morgan fingerprint density at radius 2 is 1.61 bits per heavy atom. The van der Waals surface area contributed by atoms with Crippen LogP contribution in [0.1, 0.15) is 12.8 Å². The van der Waals surface area contributed by atoms with Crippen molar-refractivity contribution in [3.8, 4) is 0 Å². The number of ether oxygens (including phenoxy) is 1. The molecule has 9 heteroatoms. The fraction of sp³-hybridized carbons (Fsp3) is 0.667. The van der Waals surface area contributed by atoms with Crippen LogP contribution >= 0.6 is 0 Å². The third-order valence-electron chi connectivity index (χ3n) is 1.79. The molecular formula is C9H9F7O2. The van der Waals surface area contributed by atoms with Crippen molar-refractivity contribution in [1.29, 1.82) is 0 Å². The van der Waals surface area contributed by atoms with Crippen LogP contribution < -0.4 is 0 Å². The number of hydrogen-bond donors (Lipinski definition) is 0. The van der Waals surface area contributed by atoms with Gasteiger partial charge in [0.2, 0.25) is 0 Å². The van der Waals surface area contributed by atoms with Gasteiger partial charge in [0.1, 0.15) is 0 Å². The monoisotopic (exact) mass is 282 g/mol. The zero-order valence-electron chi connectivity index (χ0n) is 8.87.